The zero-order chi connectivity index (χ0) is 49.0. The number of Topliss-reactive ketones (excluding diaryl/α,β-unsaturated/α-hetero) is 3. The van der Waals surface area contributed by atoms with Gasteiger partial charge in [-0.25, -0.2) is 0 Å². The highest BCUT2D eigenvalue weighted by Crippen LogP contribution is 2.41. The molecule has 0 saturated carbocycles. The van der Waals surface area contributed by atoms with Gasteiger partial charge in [0.15, 0.2) is 17.3 Å². The van der Waals surface area contributed by atoms with Crippen LogP contribution in [0.4, 0.5) is 0 Å². The van der Waals surface area contributed by atoms with Crippen molar-refractivity contribution in [3.05, 3.63) is 106 Å². The molecule has 0 spiro atoms. The number of benzene rings is 4. The van der Waals surface area contributed by atoms with Crippen molar-refractivity contribution < 1.29 is 38.2 Å². The van der Waals surface area contributed by atoms with E-state index in [0.717, 1.165) is 5.56 Å². The number of nitrogens with one attached hydrogen (secondary N) is 1. The van der Waals surface area contributed by atoms with Gasteiger partial charge < -0.3 is 41.6 Å². The zero-order valence-electron chi connectivity index (χ0n) is 39.9. The van der Waals surface area contributed by atoms with Crippen LogP contribution in [0.5, 0.6) is 23.0 Å². The number of carbonyl (C=O) groups is 5. The molecule has 0 aliphatic carbocycles. The van der Waals surface area contributed by atoms with Crippen molar-refractivity contribution in [2.24, 2.45) is 29.0 Å². The van der Waals surface area contributed by atoms with Gasteiger partial charge in [0.2, 0.25) is 11.8 Å². The van der Waals surface area contributed by atoms with Gasteiger partial charge in [0, 0.05) is 74.3 Å². The molecule has 5 rings (SSSR count). The van der Waals surface area contributed by atoms with Crippen LogP contribution in [0.25, 0.3) is 11.1 Å². The fourth-order valence-corrected chi connectivity index (χ4v) is 8.33. The monoisotopic (exact) mass is 914 g/mol. The number of hydrogen-bond acceptors (Lipinski definition) is 12. The molecular weight excluding hydrogens is 849 g/mol. The summed E-state index contributed by atoms with van der Waals surface area (Å²) >= 11 is 0. The summed E-state index contributed by atoms with van der Waals surface area (Å²) in [4.78, 5) is 72.4. The molecule has 14 heteroatoms. The van der Waals surface area contributed by atoms with Crippen molar-refractivity contribution in [2.75, 3.05) is 39.9 Å². The summed E-state index contributed by atoms with van der Waals surface area (Å²) in [6.07, 6.45) is -0.321. The number of nitrogens with two attached hydrogens (primary N) is 3. The predicted octanol–water partition coefficient (Wildman–Crippen LogP) is 6.98. The molecule has 0 fully saturated rings. The Morgan fingerprint density at radius 3 is 2.07 bits per heavy atom. The molecule has 67 heavy (non-hydrogen) atoms. The van der Waals surface area contributed by atoms with Gasteiger partial charge in [-0.2, -0.15) is 5.26 Å². The fourth-order valence-electron chi connectivity index (χ4n) is 8.33. The molecule has 0 radical (unpaired) electrons. The van der Waals surface area contributed by atoms with Gasteiger partial charge in [-0.15, -0.1) is 0 Å². The molecule has 1 heterocycles. The minimum atomic E-state index is -1.23. The third-order valence-corrected chi connectivity index (χ3v) is 12.3. The highest BCUT2D eigenvalue weighted by molar-refractivity contribution is 6.01. The molecule has 4 aromatic carbocycles. The molecule has 4 bridgehead atoms. The highest BCUT2D eigenvalue weighted by Gasteiger charge is 2.36. The topological polar surface area (TPSA) is 230 Å². The van der Waals surface area contributed by atoms with Crippen LogP contribution in [-0.2, 0) is 31.0 Å². The van der Waals surface area contributed by atoms with Gasteiger partial charge in [0.25, 0.3) is 0 Å². The molecule has 0 aromatic heterocycles. The number of likely N-dealkylation sites (N-methyl/N-ethyl adjacent to an activating group) is 1. The SMILES string of the molecule is Cc1c(Oc2ccc(C(C)(C)C)cc2)ccc(C(=O)C[C@@H](CCN)C(=O)N(C)[C@@H]2C(=O)C[C@@H](C)C(=O)N[C@H](C(=O)CCC#N)Cc3ccc(OCCN)c(c3)-c3cc2ccc3OCCN)c1C. The Bertz CT molecular complexity index is 2470. The van der Waals surface area contributed by atoms with E-state index >= 15 is 0 Å². The summed E-state index contributed by atoms with van der Waals surface area (Å²) in [6.45, 7) is 12.6. The molecular formula is C53H66N6O8. The molecule has 1 aliphatic heterocycles. The van der Waals surface area contributed by atoms with Crippen LogP contribution < -0.4 is 36.7 Å². The highest BCUT2D eigenvalue weighted by atomic mass is 16.5. The van der Waals surface area contributed by atoms with E-state index in [1.807, 2.05) is 50.2 Å². The lowest BCUT2D eigenvalue weighted by atomic mass is 9.87. The van der Waals surface area contributed by atoms with Crippen molar-refractivity contribution in [1.29, 1.82) is 5.26 Å². The van der Waals surface area contributed by atoms with Gasteiger partial charge in [-0.05, 0) is 115 Å². The van der Waals surface area contributed by atoms with Gasteiger partial charge >= 0.3 is 0 Å². The Morgan fingerprint density at radius 2 is 1.46 bits per heavy atom. The van der Waals surface area contributed by atoms with E-state index < -0.39 is 41.5 Å². The third kappa shape index (κ3) is 12.9. The normalized spacial score (nSPS) is 16.8. The number of fused-ring (bicyclic) bond motifs is 5. The average Bonchev–Trinajstić information content (AvgIpc) is 3.30. The van der Waals surface area contributed by atoms with E-state index in [9.17, 15) is 29.2 Å². The van der Waals surface area contributed by atoms with Gasteiger partial charge in [0.1, 0.15) is 42.3 Å². The molecule has 7 N–H and O–H groups in total. The van der Waals surface area contributed by atoms with Crippen LogP contribution in [0.1, 0.15) is 104 Å². The second-order valence-electron chi connectivity index (χ2n) is 18.3. The Labute approximate surface area is 394 Å². The largest absolute Gasteiger partial charge is 0.492 e. The Hall–Kier alpha value is -6.40. The number of ketones is 3. The van der Waals surface area contributed by atoms with Crippen molar-refractivity contribution in [3.63, 3.8) is 0 Å². The van der Waals surface area contributed by atoms with E-state index in [1.165, 1.54) is 17.5 Å². The van der Waals surface area contributed by atoms with Crippen molar-refractivity contribution in [1.82, 2.24) is 10.2 Å². The van der Waals surface area contributed by atoms with Crippen LogP contribution in [0.15, 0.2) is 72.8 Å². The zero-order valence-corrected chi connectivity index (χ0v) is 39.9. The number of rotatable bonds is 18. The Kier molecular flexibility index (Phi) is 18.0. The average molecular weight is 915 g/mol. The van der Waals surface area contributed by atoms with Crippen LogP contribution in [0.3, 0.4) is 0 Å². The van der Waals surface area contributed by atoms with E-state index in [2.05, 4.69) is 26.1 Å². The van der Waals surface area contributed by atoms with E-state index in [-0.39, 0.29) is 88.4 Å². The molecule has 1 aliphatic rings. The van der Waals surface area contributed by atoms with Crippen LogP contribution in [-0.4, -0.2) is 80.0 Å². The quantitative estimate of drug-likeness (QED) is 0.0741. The van der Waals surface area contributed by atoms with E-state index in [1.54, 1.807) is 49.4 Å². The number of nitriles is 1. The number of hydrogen-bond donors (Lipinski definition) is 4. The van der Waals surface area contributed by atoms with Crippen LogP contribution >= 0.6 is 0 Å². The minimum Gasteiger partial charge on any atom is -0.492 e. The second-order valence-corrected chi connectivity index (χ2v) is 18.3. The molecule has 0 saturated heterocycles. The maximum Gasteiger partial charge on any atom is 0.226 e. The van der Waals surface area contributed by atoms with Crippen LogP contribution in [0.2, 0.25) is 0 Å². The molecule has 14 nitrogen and oxygen atoms in total. The summed E-state index contributed by atoms with van der Waals surface area (Å²) in [5.41, 5.74) is 23.1. The second kappa shape index (κ2) is 23.4. The van der Waals surface area contributed by atoms with Crippen LogP contribution in [0, 0.1) is 37.0 Å². The van der Waals surface area contributed by atoms with Crippen molar-refractivity contribution in [3.8, 4) is 40.2 Å². The minimum absolute atomic E-state index is 0.00959. The van der Waals surface area contributed by atoms with Gasteiger partial charge in [-0.1, -0.05) is 52.0 Å². The summed E-state index contributed by atoms with van der Waals surface area (Å²) in [5, 5.41) is 12.1. The fraction of sp³-hybridized carbons (Fsp3) is 0.434. The number of ether oxygens (including phenoxy) is 3. The molecule has 4 atom stereocenters. The standard InChI is InChI=1S/C53H66N6O8/c1-32-27-46(62)50(59(7)52(64)37(20-22-55)31-45(61)40-16-19-47(34(3)33(40)2)67-39-14-12-38(13-15-39)53(4,5)6)36-11-18-49(66-26-24-57)42(30-36)41-28-35(10-17-48(41)65-25-23-56)29-43(58-51(32)63)44(60)9-8-21-54/h10-19,28,30,32,37,43,50H,8-9,20,22-27,29,31,55-57H2,1-7H3,(H,58,63)/t32-,37-,43+,50+/m1/s1. The summed E-state index contributed by atoms with van der Waals surface area (Å²) in [6, 6.07) is 21.7. The predicted molar refractivity (Wildman–Crippen MR) is 258 cm³/mol. The number of nitrogens with zero attached hydrogens (tertiary/aromatic N) is 2. The first-order valence-electron chi connectivity index (χ1n) is 23.0. The van der Waals surface area contributed by atoms with Gasteiger partial charge in [-0.3, -0.25) is 24.0 Å². The maximum absolute atomic E-state index is 14.8. The molecule has 2 amide bonds. The lowest BCUT2D eigenvalue weighted by Gasteiger charge is -2.32. The lowest BCUT2D eigenvalue weighted by molar-refractivity contribution is -0.142. The lowest BCUT2D eigenvalue weighted by Crippen LogP contribution is -2.46. The van der Waals surface area contributed by atoms with Crippen molar-refractivity contribution in [2.45, 2.75) is 97.6 Å². The first kappa shape index (κ1) is 51.6. The maximum atomic E-state index is 14.8. The molecule has 4 aromatic rings. The first-order valence-corrected chi connectivity index (χ1v) is 23.0. The Morgan fingerprint density at radius 1 is 0.836 bits per heavy atom. The first-order chi connectivity index (χ1) is 31.9. The molecule has 356 valence electrons. The summed E-state index contributed by atoms with van der Waals surface area (Å²) < 4.78 is 18.5. The van der Waals surface area contributed by atoms with E-state index in [4.69, 9.17) is 31.4 Å². The number of amides is 2. The van der Waals surface area contributed by atoms with E-state index in [0.29, 0.717) is 56.4 Å². The summed E-state index contributed by atoms with van der Waals surface area (Å²) in [7, 11) is 1.52. The molecule has 0 unspecified atom stereocenters. The van der Waals surface area contributed by atoms with Gasteiger partial charge in [0.05, 0.1) is 12.1 Å². The van der Waals surface area contributed by atoms with Crippen molar-refractivity contribution >= 4 is 29.2 Å². The summed E-state index contributed by atoms with van der Waals surface area (Å²) in [5.74, 6) is -1.75. The smallest absolute Gasteiger partial charge is 0.226 e. The third-order valence-electron chi connectivity index (χ3n) is 12.3. The Balaban J connectivity index is 1.54. The number of carbonyl (C=O) groups excluding carboxylic acids is 5.